The molecule has 33 heavy (non-hydrogen) atoms. The Balaban J connectivity index is 1.55. The van der Waals surface area contributed by atoms with Gasteiger partial charge in [0.25, 0.3) is 5.91 Å². The average molecular weight is 471 g/mol. The summed E-state index contributed by atoms with van der Waals surface area (Å²) in [6.07, 6.45) is -0.641. The van der Waals surface area contributed by atoms with Crippen LogP contribution in [0.1, 0.15) is 45.3 Å². The summed E-state index contributed by atoms with van der Waals surface area (Å²) in [5, 5.41) is 3.80. The highest BCUT2D eigenvalue weighted by Gasteiger charge is 2.38. The Bertz CT molecular complexity index is 1200. The van der Waals surface area contributed by atoms with Crippen LogP contribution in [-0.4, -0.2) is 67.8 Å². The van der Waals surface area contributed by atoms with Crippen molar-refractivity contribution in [1.29, 1.82) is 0 Å². The molecule has 172 valence electrons. The fraction of sp³-hybridized carbons (Fsp3) is 0.409. The number of hydrogen-bond donors (Lipinski definition) is 1. The average Bonchev–Trinajstić information content (AvgIpc) is 3.43. The van der Waals surface area contributed by atoms with Crippen molar-refractivity contribution in [2.75, 3.05) is 26.2 Å². The summed E-state index contributed by atoms with van der Waals surface area (Å²) in [6, 6.07) is 5.05. The molecule has 2 aliphatic rings. The van der Waals surface area contributed by atoms with Crippen LogP contribution in [0.15, 0.2) is 24.3 Å². The van der Waals surface area contributed by atoms with Gasteiger partial charge in [0, 0.05) is 31.7 Å². The van der Waals surface area contributed by atoms with Gasteiger partial charge in [0.2, 0.25) is 5.78 Å². The second-order valence-corrected chi connectivity index (χ2v) is 8.83. The number of ether oxygens (including phenoxy) is 1. The van der Waals surface area contributed by atoms with E-state index < -0.39 is 18.0 Å². The van der Waals surface area contributed by atoms with Crippen LogP contribution in [0.4, 0.5) is 4.39 Å². The van der Waals surface area contributed by atoms with E-state index in [0.717, 1.165) is 0 Å². The first-order chi connectivity index (χ1) is 15.9. The number of nitrogens with zero attached hydrogens (tertiary/aromatic N) is 5. The molecule has 1 saturated heterocycles. The van der Waals surface area contributed by atoms with Gasteiger partial charge >= 0.3 is 0 Å². The monoisotopic (exact) mass is 470 g/mol. The van der Waals surface area contributed by atoms with Crippen molar-refractivity contribution in [3.05, 3.63) is 52.9 Å². The quantitative estimate of drug-likeness (QED) is 0.584. The van der Waals surface area contributed by atoms with Gasteiger partial charge in [-0.25, -0.2) is 14.4 Å². The normalized spacial score (nSPS) is 20.5. The molecule has 1 aromatic carbocycles. The van der Waals surface area contributed by atoms with Gasteiger partial charge < -0.3 is 19.5 Å². The number of nitrogens with one attached hydrogen (secondary N) is 1. The molecule has 11 heteroatoms. The summed E-state index contributed by atoms with van der Waals surface area (Å²) >= 11 is 1.23. The van der Waals surface area contributed by atoms with E-state index in [4.69, 9.17) is 9.72 Å². The van der Waals surface area contributed by atoms with E-state index in [1.165, 1.54) is 35.8 Å². The zero-order valence-electron chi connectivity index (χ0n) is 18.2. The highest BCUT2D eigenvalue weighted by atomic mass is 32.1. The van der Waals surface area contributed by atoms with Gasteiger partial charge in [-0.3, -0.25) is 9.59 Å². The number of benzene rings is 1. The lowest BCUT2D eigenvalue weighted by molar-refractivity contribution is 0.0262. The van der Waals surface area contributed by atoms with Gasteiger partial charge in [0.1, 0.15) is 23.4 Å². The second kappa shape index (κ2) is 8.73. The third kappa shape index (κ3) is 3.96. The molecule has 9 nitrogen and oxygen atoms in total. The number of aryl methyl sites for hydroxylation is 1. The van der Waals surface area contributed by atoms with E-state index in [9.17, 15) is 14.0 Å². The van der Waals surface area contributed by atoms with Crippen molar-refractivity contribution >= 4 is 23.2 Å². The Labute approximate surface area is 193 Å². The van der Waals surface area contributed by atoms with E-state index >= 15 is 0 Å². The van der Waals surface area contributed by atoms with Crippen LogP contribution in [0.3, 0.4) is 0 Å². The molecule has 0 bridgehead atoms. The van der Waals surface area contributed by atoms with Crippen LogP contribution in [-0.2, 0) is 11.3 Å². The standard InChI is InChI=1S/C22H23FN6O3S/c1-12-18-17(19(30)16-11-24-7-10-32-16)26-20(21-25-13(2)27-33-21)29(18)9-8-28(12)22(31)14-3-5-15(23)6-4-14/h3-6,12,16,24H,7-11H2,1-2H3. The largest absolute Gasteiger partial charge is 0.367 e. The zero-order chi connectivity index (χ0) is 23.1. The topological polar surface area (TPSA) is 102 Å². The SMILES string of the molecule is Cc1nsc(-c2nc(C(=O)C3CNCCO3)c3n2CCN(C(=O)c2ccc(F)cc2)C3C)n1. The van der Waals surface area contributed by atoms with Gasteiger partial charge in [0.15, 0.2) is 10.8 Å². The molecule has 2 atom stereocenters. The molecule has 0 aliphatic carbocycles. The van der Waals surface area contributed by atoms with E-state index in [2.05, 4.69) is 14.7 Å². The van der Waals surface area contributed by atoms with Crippen LogP contribution in [0.5, 0.6) is 0 Å². The number of rotatable bonds is 4. The summed E-state index contributed by atoms with van der Waals surface area (Å²) in [4.78, 5) is 37.5. The van der Waals surface area contributed by atoms with Crippen LogP contribution < -0.4 is 5.32 Å². The first kappa shape index (κ1) is 21.8. The van der Waals surface area contributed by atoms with E-state index in [1.807, 2.05) is 11.5 Å². The van der Waals surface area contributed by atoms with Crippen molar-refractivity contribution in [3.8, 4) is 10.8 Å². The summed E-state index contributed by atoms with van der Waals surface area (Å²) in [6.45, 7) is 6.09. The first-order valence-corrected chi connectivity index (χ1v) is 11.6. The third-order valence-electron chi connectivity index (χ3n) is 5.96. The number of imidazole rings is 1. The fourth-order valence-corrected chi connectivity index (χ4v) is 4.99. The molecule has 2 aromatic heterocycles. The predicted molar refractivity (Wildman–Crippen MR) is 119 cm³/mol. The lowest BCUT2D eigenvalue weighted by atomic mass is 10.0. The van der Waals surface area contributed by atoms with Gasteiger partial charge in [0.05, 0.1) is 18.3 Å². The van der Waals surface area contributed by atoms with E-state index in [0.29, 0.717) is 60.7 Å². The van der Waals surface area contributed by atoms with Crippen LogP contribution >= 0.6 is 11.5 Å². The summed E-state index contributed by atoms with van der Waals surface area (Å²) < 4.78 is 25.3. The number of Topliss-reactive ketones (excluding diaryl/α,β-unsaturated/α-hetero) is 1. The van der Waals surface area contributed by atoms with Gasteiger partial charge in [-0.2, -0.15) is 4.37 Å². The zero-order valence-corrected chi connectivity index (χ0v) is 19.1. The number of aromatic nitrogens is 4. The van der Waals surface area contributed by atoms with Crippen molar-refractivity contribution in [2.45, 2.75) is 32.5 Å². The minimum Gasteiger partial charge on any atom is -0.367 e. The molecule has 2 unspecified atom stereocenters. The molecule has 0 radical (unpaired) electrons. The first-order valence-electron chi connectivity index (χ1n) is 10.8. The summed E-state index contributed by atoms with van der Waals surface area (Å²) in [5.41, 5.74) is 1.33. The Hall–Kier alpha value is -3.02. The number of ketones is 1. The maximum atomic E-state index is 13.4. The highest BCUT2D eigenvalue weighted by molar-refractivity contribution is 7.09. The van der Waals surface area contributed by atoms with Crippen LogP contribution in [0, 0.1) is 12.7 Å². The number of halogens is 1. The molecule has 1 N–H and O–H groups in total. The molecule has 1 fully saturated rings. The van der Waals surface area contributed by atoms with Crippen LogP contribution in [0.2, 0.25) is 0 Å². The summed E-state index contributed by atoms with van der Waals surface area (Å²) in [5.74, 6) is 0.362. The smallest absolute Gasteiger partial charge is 0.254 e. The molecule has 2 aliphatic heterocycles. The van der Waals surface area contributed by atoms with Crippen molar-refractivity contribution in [3.63, 3.8) is 0 Å². The summed E-state index contributed by atoms with van der Waals surface area (Å²) in [7, 11) is 0. The van der Waals surface area contributed by atoms with Crippen molar-refractivity contribution in [1.82, 2.24) is 29.1 Å². The molecule has 3 aromatic rings. The maximum Gasteiger partial charge on any atom is 0.254 e. The lowest BCUT2D eigenvalue weighted by Crippen LogP contribution is -2.45. The van der Waals surface area contributed by atoms with E-state index in [-0.39, 0.29) is 17.4 Å². The van der Waals surface area contributed by atoms with Gasteiger partial charge in [-0.1, -0.05) is 0 Å². The Kier molecular flexibility index (Phi) is 5.77. The van der Waals surface area contributed by atoms with Crippen molar-refractivity contribution < 1.29 is 18.7 Å². The Morgan fingerprint density at radius 2 is 2.00 bits per heavy atom. The number of hydrogen-bond acceptors (Lipinski definition) is 8. The number of morpholine rings is 1. The minimum atomic E-state index is -0.641. The number of amides is 1. The van der Waals surface area contributed by atoms with Gasteiger partial charge in [-0.15, -0.1) is 0 Å². The lowest BCUT2D eigenvalue weighted by Gasteiger charge is -2.35. The Morgan fingerprint density at radius 3 is 2.67 bits per heavy atom. The van der Waals surface area contributed by atoms with Crippen LogP contribution in [0.25, 0.3) is 10.8 Å². The number of fused-ring (bicyclic) bond motifs is 1. The Morgan fingerprint density at radius 1 is 1.21 bits per heavy atom. The molecule has 5 rings (SSSR count). The molecular weight excluding hydrogens is 447 g/mol. The fourth-order valence-electron chi connectivity index (χ4n) is 4.32. The minimum absolute atomic E-state index is 0.221. The molecular formula is C22H23FN6O3S. The molecule has 0 spiro atoms. The number of carbonyl (C=O) groups excluding carboxylic acids is 2. The molecule has 0 saturated carbocycles. The second-order valence-electron chi connectivity index (χ2n) is 8.08. The molecule has 1 amide bonds. The maximum absolute atomic E-state index is 13.4. The molecule has 4 heterocycles. The van der Waals surface area contributed by atoms with Gasteiger partial charge in [-0.05, 0) is 49.6 Å². The predicted octanol–water partition coefficient (Wildman–Crippen LogP) is 2.24. The van der Waals surface area contributed by atoms with Crippen molar-refractivity contribution in [2.24, 2.45) is 0 Å². The number of carbonyl (C=O) groups is 2. The van der Waals surface area contributed by atoms with E-state index in [1.54, 1.807) is 11.8 Å². The highest BCUT2D eigenvalue weighted by Crippen LogP contribution is 2.35. The third-order valence-corrected chi connectivity index (χ3v) is 6.76.